The predicted octanol–water partition coefficient (Wildman–Crippen LogP) is 4.22. The van der Waals surface area contributed by atoms with Crippen molar-refractivity contribution in [3.8, 4) is 6.07 Å². The predicted molar refractivity (Wildman–Crippen MR) is 119 cm³/mol. The summed E-state index contributed by atoms with van der Waals surface area (Å²) in [6.45, 7) is 2.62. The van der Waals surface area contributed by atoms with Crippen LogP contribution in [-0.2, 0) is 21.4 Å². The van der Waals surface area contributed by atoms with Crippen LogP contribution in [0, 0.1) is 18.3 Å². The van der Waals surface area contributed by atoms with Gasteiger partial charge in [0.2, 0.25) is 5.91 Å². The lowest BCUT2D eigenvalue weighted by Gasteiger charge is -2.23. The van der Waals surface area contributed by atoms with Gasteiger partial charge >= 0.3 is 0 Å². The summed E-state index contributed by atoms with van der Waals surface area (Å²) in [5.74, 6) is -0.215. The normalized spacial score (nSPS) is 17.2. The van der Waals surface area contributed by atoms with Crippen molar-refractivity contribution in [1.82, 2.24) is 9.21 Å². The summed E-state index contributed by atoms with van der Waals surface area (Å²) in [4.78, 5) is 15.2. The first-order valence-corrected chi connectivity index (χ1v) is 12.7. The molecule has 0 radical (unpaired) electrons. The number of aryl methyl sites for hydroxylation is 1. The van der Waals surface area contributed by atoms with Gasteiger partial charge in [0.15, 0.2) is 0 Å². The molecule has 1 aromatic carbocycles. The Morgan fingerprint density at radius 1 is 1.37 bits per heavy atom. The molecular formula is C20H18ClN3O3S3. The van der Waals surface area contributed by atoms with Crippen molar-refractivity contribution < 1.29 is 13.2 Å². The van der Waals surface area contributed by atoms with Gasteiger partial charge in [0.25, 0.3) is 10.0 Å². The molecule has 0 spiro atoms. The number of fused-ring (bicyclic) bond motifs is 1. The van der Waals surface area contributed by atoms with Crippen LogP contribution in [0.1, 0.15) is 22.4 Å². The van der Waals surface area contributed by atoms with Crippen LogP contribution < -0.4 is 0 Å². The minimum Gasteiger partial charge on any atom is -0.337 e. The van der Waals surface area contributed by atoms with Crippen molar-refractivity contribution in [3.05, 3.63) is 50.7 Å². The molecule has 0 bridgehead atoms. The van der Waals surface area contributed by atoms with Gasteiger partial charge in [-0.3, -0.25) is 4.79 Å². The number of rotatable bonds is 5. The Kier molecular flexibility index (Phi) is 5.64. The summed E-state index contributed by atoms with van der Waals surface area (Å²) in [5, 5.41) is 12.2. The van der Waals surface area contributed by atoms with E-state index >= 15 is 0 Å². The van der Waals surface area contributed by atoms with Gasteiger partial charge in [-0.15, -0.1) is 22.7 Å². The fourth-order valence-electron chi connectivity index (χ4n) is 3.67. The van der Waals surface area contributed by atoms with E-state index < -0.39 is 16.1 Å². The van der Waals surface area contributed by atoms with Gasteiger partial charge in [-0.25, -0.2) is 8.42 Å². The van der Waals surface area contributed by atoms with E-state index in [9.17, 15) is 13.2 Å². The molecule has 4 rings (SSSR count). The number of likely N-dealkylation sites (tertiary alicyclic amines) is 1. The number of halogens is 1. The monoisotopic (exact) mass is 479 g/mol. The Balaban J connectivity index is 1.58. The molecule has 2 aromatic heterocycles. The number of nitrogens with zero attached hydrogens (tertiary/aromatic N) is 3. The zero-order chi connectivity index (χ0) is 21.6. The molecule has 1 amide bonds. The molecule has 1 aliphatic rings. The van der Waals surface area contributed by atoms with E-state index in [1.54, 1.807) is 30.0 Å². The highest BCUT2D eigenvalue weighted by Crippen LogP contribution is 2.37. The summed E-state index contributed by atoms with van der Waals surface area (Å²) in [6.07, 6.45) is 0.430. The number of carbonyl (C=O) groups is 1. The quantitative estimate of drug-likeness (QED) is 0.548. The van der Waals surface area contributed by atoms with Crippen molar-refractivity contribution in [3.63, 3.8) is 0 Å². The number of benzene rings is 1. The summed E-state index contributed by atoms with van der Waals surface area (Å²) in [5.41, 5.74) is 1.53. The van der Waals surface area contributed by atoms with E-state index in [0.717, 1.165) is 15.6 Å². The van der Waals surface area contributed by atoms with Gasteiger partial charge in [-0.05, 0) is 59.5 Å². The molecule has 30 heavy (non-hydrogen) atoms. The van der Waals surface area contributed by atoms with Gasteiger partial charge in [0, 0.05) is 29.9 Å². The molecule has 0 aliphatic carbocycles. The van der Waals surface area contributed by atoms with E-state index in [0.29, 0.717) is 35.0 Å². The second-order valence-electron chi connectivity index (χ2n) is 7.17. The third-order valence-electron chi connectivity index (χ3n) is 5.31. The van der Waals surface area contributed by atoms with E-state index in [2.05, 4.69) is 6.07 Å². The van der Waals surface area contributed by atoms with Gasteiger partial charge in [0.05, 0.1) is 0 Å². The lowest BCUT2D eigenvalue weighted by Crippen LogP contribution is -2.42. The summed E-state index contributed by atoms with van der Waals surface area (Å²) < 4.78 is 29.0. The molecule has 1 atom stereocenters. The SMILES string of the molecule is Cc1c(S(=O)(=O)N(C)[C@H]2CCN(Cc3csc(C#N)c3)C2=O)sc2ccc(Cl)cc12. The summed E-state index contributed by atoms with van der Waals surface area (Å²) >= 11 is 8.60. The second-order valence-corrected chi connectivity index (χ2v) is 11.8. The van der Waals surface area contributed by atoms with E-state index in [-0.39, 0.29) is 10.1 Å². The van der Waals surface area contributed by atoms with Gasteiger partial charge in [0.1, 0.15) is 21.2 Å². The molecule has 156 valence electrons. The number of nitriles is 1. The molecule has 0 saturated carbocycles. The summed E-state index contributed by atoms with van der Waals surface area (Å²) in [7, 11) is -2.37. The molecule has 3 aromatic rings. The van der Waals surface area contributed by atoms with Gasteiger partial charge < -0.3 is 4.90 Å². The smallest absolute Gasteiger partial charge is 0.253 e. The van der Waals surface area contributed by atoms with Crippen molar-refractivity contribution in [2.45, 2.75) is 30.1 Å². The Labute approximate surface area is 188 Å². The van der Waals surface area contributed by atoms with Gasteiger partial charge in [-0.2, -0.15) is 9.57 Å². The average Bonchev–Trinajstić information content (AvgIpc) is 3.41. The molecular weight excluding hydrogens is 462 g/mol. The highest BCUT2D eigenvalue weighted by atomic mass is 35.5. The first-order valence-electron chi connectivity index (χ1n) is 9.15. The van der Waals surface area contributed by atoms with Crippen LogP contribution in [0.15, 0.2) is 33.9 Å². The second kappa shape index (κ2) is 7.94. The van der Waals surface area contributed by atoms with E-state index in [1.165, 1.54) is 34.0 Å². The van der Waals surface area contributed by atoms with E-state index in [1.807, 2.05) is 11.4 Å². The number of carbonyl (C=O) groups excluding carboxylic acids is 1. The maximum atomic E-state index is 13.3. The fraction of sp³-hybridized carbons (Fsp3) is 0.300. The van der Waals surface area contributed by atoms with Crippen LogP contribution in [0.3, 0.4) is 0 Å². The molecule has 1 saturated heterocycles. The van der Waals surface area contributed by atoms with Gasteiger partial charge in [-0.1, -0.05) is 11.6 Å². The first-order chi connectivity index (χ1) is 14.2. The average molecular weight is 480 g/mol. The van der Waals surface area contributed by atoms with Crippen LogP contribution in [0.25, 0.3) is 10.1 Å². The zero-order valence-electron chi connectivity index (χ0n) is 16.3. The third-order valence-corrected chi connectivity index (χ3v) is 10.2. The van der Waals surface area contributed by atoms with Crippen LogP contribution in [0.2, 0.25) is 5.02 Å². The number of likely N-dealkylation sites (N-methyl/N-ethyl adjacent to an activating group) is 1. The van der Waals surface area contributed by atoms with Crippen molar-refractivity contribution in [1.29, 1.82) is 5.26 Å². The zero-order valence-corrected chi connectivity index (χ0v) is 19.5. The number of thiophene rings is 2. The molecule has 3 heterocycles. The largest absolute Gasteiger partial charge is 0.337 e. The Hall–Kier alpha value is -1.96. The topological polar surface area (TPSA) is 81.5 Å². The van der Waals surface area contributed by atoms with Crippen LogP contribution in [-0.4, -0.2) is 43.2 Å². The lowest BCUT2D eigenvalue weighted by atomic mass is 10.2. The molecule has 1 fully saturated rings. The minimum atomic E-state index is -3.84. The minimum absolute atomic E-state index is 0.215. The highest BCUT2D eigenvalue weighted by Gasteiger charge is 2.41. The fourth-order valence-corrected chi connectivity index (χ4v) is 7.79. The highest BCUT2D eigenvalue weighted by molar-refractivity contribution is 7.91. The third kappa shape index (κ3) is 3.63. The first kappa shape index (κ1) is 21.3. The molecule has 0 N–H and O–H groups in total. The molecule has 1 aliphatic heterocycles. The maximum Gasteiger partial charge on any atom is 0.253 e. The Bertz CT molecular complexity index is 1290. The molecule has 10 heteroatoms. The maximum absolute atomic E-state index is 13.3. The number of sulfonamides is 1. The van der Waals surface area contributed by atoms with Crippen LogP contribution in [0.5, 0.6) is 0 Å². The van der Waals surface area contributed by atoms with E-state index in [4.69, 9.17) is 16.9 Å². The lowest BCUT2D eigenvalue weighted by molar-refractivity contribution is -0.131. The number of hydrogen-bond donors (Lipinski definition) is 0. The van der Waals surface area contributed by atoms with Crippen molar-refractivity contribution in [2.75, 3.05) is 13.6 Å². The molecule has 0 unspecified atom stereocenters. The summed E-state index contributed by atoms with van der Waals surface area (Å²) in [6, 6.07) is 8.43. The van der Waals surface area contributed by atoms with Crippen LogP contribution >= 0.6 is 34.3 Å². The van der Waals surface area contributed by atoms with Crippen molar-refractivity contribution in [2.24, 2.45) is 0 Å². The Morgan fingerprint density at radius 3 is 2.83 bits per heavy atom. The standard InChI is InChI=1S/C20H18ClN3O3S3/c1-12-16-8-14(21)3-4-18(16)29-20(12)30(26,27)23(2)17-5-6-24(19(17)25)10-13-7-15(9-22)28-11-13/h3-4,7-8,11,17H,5-6,10H2,1-2H3/t17-/m0/s1. The van der Waals surface area contributed by atoms with Crippen molar-refractivity contribution >= 4 is 60.3 Å². The Morgan fingerprint density at radius 2 is 2.13 bits per heavy atom. The molecule has 6 nitrogen and oxygen atoms in total. The van der Waals surface area contributed by atoms with Crippen LogP contribution in [0.4, 0.5) is 0 Å². The number of hydrogen-bond acceptors (Lipinski definition) is 6. The number of amides is 1.